The van der Waals surface area contributed by atoms with Crippen LogP contribution in [0.2, 0.25) is 0 Å². The minimum absolute atomic E-state index is 0.192. The summed E-state index contributed by atoms with van der Waals surface area (Å²) in [6.07, 6.45) is 1.68. The van der Waals surface area contributed by atoms with Gasteiger partial charge in [-0.1, -0.05) is 24.8 Å². The lowest BCUT2D eigenvalue weighted by Crippen LogP contribution is -2.45. The lowest BCUT2D eigenvalue weighted by molar-refractivity contribution is -0.140. The van der Waals surface area contributed by atoms with Crippen LogP contribution in [0.15, 0.2) is 48.2 Å². The summed E-state index contributed by atoms with van der Waals surface area (Å²) >= 11 is 5.22. The molecular weight excluding hydrogens is 340 g/mol. The predicted molar refractivity (Wildman–Crippen MR) is 99.3 cm³/mol. The Morgan fingerprint density at radius 2 is 2.04 bits per heavy atom. The van der Waals surface area contributed by atoms with Gasteiger partial charge in [-0.2, -0.15) is 0 Å². The van der Waals surface area contributed by atoms with E-state index in [1.807, 2.05) is 24.3 Å². The molecule has 1 aromatic rings. The van der Waals surface area contributed by atoms with Crippen molar-refractivity contribution in [3.05, 3.63) is 53.8 Å². The largest absolute Gasteiger partial charge is 0.490 e. The number of methoxy groups -OCH3 is 1. The average Bonchev–Trinajstić information content (AvgIpc) is 2.59. The highest BCUT2D eigenvalue weighted by Crippen LogP contribution is 2.28. The minimum Gasteiger partial charge on any atom is -0.490 e. The molecule has 1 aromatic carbocycles. The fourth-order valence-corrected chi connectivity index (χ4v) is 2.69. The topological polar surface area (TPSA) is 68.8 Å². The summed E-state index contributed by atoms with van der Waals surface area (Å²) in [5.41, 5.74) is 2.04. The molecule has 1 aliphatic rings. The molecule has 0 radical (unpaired) electrons. The minimum atomic E-state index is -0.408. The van der Waals surface area contributed by atoms with E-state index >= 15 is 0 Å². The van der Waals surface area contributed by atoms with E-state index in [4.69, 9.17) is 26.4 Å². The van der Waals surface area contributed by atoms with Gasteiger partial charge >= 0.3 is 5.97 Å². The first kappa shape index (κ1) is 19.0. The van der Waals surface area contributed by atoms with E-state index in [2.05, 4.69) is 17.2 Å². The van der Waals surface area contributed by atoms with Crippen LogP contribution in [-0.4, -0.2) is 38.0 Å². The predicted octanol–water partition coefficient (Wildman–Crippen LogP) is 2.23. The quantitative estimate of drug-likeness (QED) is 0.318. The Labute approximate surface area is 152 Å². The lowest BCUT2D eigenvalue weighted by Gasteiger charge is -2.30. The molecule has 0 unspecified atom stereocenters. The molecule has 0 aromatic heterocycles. The van der Waals surface area contributed by atoms with Gasteiger partial charge in [0.05, 0.1) is 18.2 Å². The van der Waals surface area contributed by atoms with Gasteiger partial charge in [0.2, 0.25) is 0 Å². The maximum absolute atomic E-state index is 12.5. The first-order chi connectivity index (χ1) is 12.1. The van der Waals surface area contributed by atoms with E-state index in [1.165, 1.54) is 0 Å². The van der Waals surface area contributed by atoms with Crippen molar-refractivity contribution in [1.82, 2.24) is 10.6 Å². The van der Waals surface area contributed by atoms with Gasteiger partial charge in [-0.3, -0.25) is 0 Å². The maximum atomic E-state index is 12.5. The number of allylic oxidation sites excluding steroid dienone is 1. The molecule has 2 rings (SSSR count). The highest BCUT2D eigenvalue weighted by molar-refractivity contribution is 7.80. The van der Waals surface area contributed by atoms with Crippen molar-refractivity contribution in [3.63, 3.8) is 0 Å². The Morgan fingerprint density at radius 1 is 1.32 bits per heavy atom. The number of carbonyl (C=O) groups is 1. The molecule has 0 saturated heterocycles. The van der Waals surface area contributed by atoms with Crippen LogP contribution < -0.4 is 15.4 Å². The molecule has 25 heavy (non-hydrogen) atoms. The van der Waals surface area contributed by atoms with Crippen LogP contribution in [0.3, 0.4) is 0 Å². The molecule has 0 aliphatic carbocycles. The van der Waals surface area contributed by atoms with Crippen molar-refractivity contribution in [2.75, 3.05) is 26.9 Å². The molecule has 0 bridgehead atoms. The van der Waals surface area contributed by atoms with Crippen LogP contribution in [0.5, 0.6) is 5.75 Å². The van der Waals surface area contributed by atoms with Crippen molar-refractivity contribution in [1.29, 1.82) is 0 Å². The van der Waals surface area contributed by atoms with Crippen molar-refractivity contribution < 1.29 is 19.0 Å². The molecule has 134 valence electrons. The second-order valence-corrected chi connectivity index (χ2v) is 5.78. The zero-order valence-electron chi connectivity index (χ0n) is 14.3. The number of hydrogen-bond donors (Lipinski definition) is 2. The Balaban J connectivity index is 2.22. The second-order valence-electron chi connectivity index (χ2n) is 5.37. The molecule has 0 saturated carbocycles. The smallest absolute Gasteiger partial charge is 0.338 e. The Morgan fingerprint density at radius 3 is 2.68 bits per heavy atom. The summed E-state index contributed by atoms with van der Waals surface area (Å²) < 4.78 is 15.7. The Hall–Kier alpha value is -2.38. The average molecular weight is 362 g/mol. The van der Waals surface area contributed by atoms with Crippen LogP contribution in [-0.2, 0) is 14.3 Å². The van der Waals surface area contributed by atoms with Gasteiger partial charge in [-0.25, -0.2) is 4.79 Å². The zero-order valence-corrected chi connectivity index (χ0v) is 15.2. The molecular formula is C18H22N2O4S. The zero-order chi connectivity index (χ0) is 18.2. The fraction of sp³-hybridized carbons (Fsp3) is 0.333. The number of carbonyl (C=O) groups excluding carboxylic acids is 1. The van der Waals surface area contributed by atoms with Crippen molar-refractivity contribution in [3.8, 4) is 5.75 Å². The van der Waals surface area contributed by atoms with Gasteiger partial charge in [-0.15, -0.1) is 0 Å². The van der Waals surface area contributed by atoms with Gasteiger partial charge in [0, 0.05) is 12.8 Å². The third kappa shape index (κ3) is 5.04. The van der Waals surface area contributed by atoms with E-state index < -0.39 is 12.0 Å². The molecule has 1 heterocycles. The number of thiocarbonyl (C=S) groups is 1. The Kier molecular flexibility index (Phi) is 6.97. The van der Waals surface area contributed by atoms with Crippen LogP contribution in [0.25, 0.3) is 0 Å². The second kappa shape index (κ2) is 9.19. The van der Waals surface area contributed by atoms with Crippen molar-refractivity contribution >= 4 is 23.3 Å². The third-order valence-electron chi connectivity index (χ3n) is 3.59. The van der Waals surface area contributed by atoms with E-state index in [0.717, 1.165) is 11.3 Å². The normalized spacial score (nSPS) is 16.7. The summed E-state index contributed by atoms with van der Waals surface area (Å²) in [6, 6.07) is 7.07. The van der Waals surface area contributed by atoms with E-state index in [-0.39, 0.29) is 6.61 Å². The van der Waals surface area contributed by atoms with Gasteiger partial charge in [0.25, 0.3) is 0 Å². The summed E-state index contributed by atoms with van der Waals surface area (Å²) in [5.74, 6) is 0.319. The molecule has 1 aliphatic heterocycles. The number of esters is 1. The maximum Gasteiger partial charge on any atom is 0.338 e. The number of nitrogens with one attached hydrogen (secondary N) is 2. The monoisotopic (exact) mass is 362 g/mol. The summed E-state index contributed by atoms with van der Waals surface area (Å²) in [4.78, 5) is 12.5. The molecule has 0 spiro atoms. The molecule has 0 fully saturated rings. The number of benzene rings is 1. The third-order valence-corrected chi connectivity index (χ3v) is 3.81. The SMILES string of the molecule is C=CCOc1ccc([C@@H]2NC(=S)NC(C)=C2C(=O)OCCOC)cc1. The summed E-state index contributed by atoms with van der Waals surface area (Å²) in [5, 5.41) is 6.55. The number of ether oxygens (including phenoxy) is 3. The summed E-state index contributed by atoms with van der Waals surface area (Å²) in [7, 11) is 1.55. The van der Waals surface area contributed by atoms with Crippen LogP contribution >= 0.6 is 12.2 Å². The van der Waals surface area contributed by atoms with Crippen LogP contribution in [0, 0.1) is 0 Å². The molecule has 7 heteroatoms. The van der Waals surface area contributed by atoms with E-state index in [1.54, 1.807) is 20.1 Å². The van der Waals surface area contributed by atoms with Gasteiger partial charge in [0.1, 0.15) is 19.0 Å². The van der Waals surface area contributed by atoms with Crippen molar-refractivity contribution in [2.24, 2.45) is 0 Å². The van der Waals surface area contributed by atoms with Gasteiger partial charge in [0.15, 0.2) is 5.11 Å². The lowest BCUT2D eigenvalue weighted by atomic mass is 9.95. The first-order valence-electron chi connectivity index (χ1n) is 7.84. The van der Waals surface area contributed by atoms with Crippen LogP contribution in [0.4, 0.5) is 0 Å². The molecule has 0 amide bonds. The standard InChI is InChI=1S/C18H22N2O4S/c1-4-9-23-14-7-5-13(6-8-14)16-15(12(2)19-18(25)20-16)17(21)24-11-10-22-3/h4-8,16H,1,9-11H2,2-3H3,(H2,19,20,25)/t16-/m0/s1. The molecule has 2 N–H and O–H groups in total. The molecule has 6 nitrogen and oxygen atoms in total. The highest BCUT2D eigenvalue weighted by atomic mass is 32.1. The fourth-order valence-electron chi connectivity index (χ4n) is 2.42. The van der Waals surface area contributed by atoms with E-state index in [9.17, 15) is 4.79 Å². The first-order valence-corrected chi connectivity index (χ1v) is 8.25. The van der Waals surface area contributed by atoms with Gasteiger partial charge in [-0.05, 0) is 36.8 Å². The Bertz CT molecular complexity index is 670. The molecule has 1 atom stereocenters. The number of rotatable bonds is 8. The number of hydrogen-bond acceptors (Lipinski definition) is 5. The van der Waals surface area contributed by atoms with E-state index in [0.29, 0.717) is 29.6 Å². The van der Waals surface area contributed by atoms with Gasteiger partial charge < -0.3 is 24.8 Å². The van der Waals surface area contributed by atoms with Crippen LogP contribution in [0.1, 0.15) is 18.5 Å². The summed E-state index contributed by atoms with van der Waals surface area (Å²) in [6.45, 7) is 6.39. The van der Waals surface area contributed by atoms with Crippen molar-refractivity contribution in [2.45, 2.75) is 13.0 Å². The highest BCUT2D eigenvalue weighted by Gasteiger charge is 2.30.